The van der Waals surface area contributed by atoms with E-state index in [-0.39, 0.29) is 11.4 Å². The summed E-state index contributed by atoms with van der Waals surface area (Å²) < 4.78 is 0. The lowest BCUT2D eigenvalue weighted by Crippen LogP contribution is -1.92. The lowest BCUT2D eigenvalue weighted by Gasteiger charge is -2.08. The van der Waals surface area contributed by atoms with Crippen LogP contribution in [0.1, 0.15) is 0 Å². The molecule has 0 amide bonds. The highest BCUT2D eigenvalue weighted by molar-refractivity contribution is 5.92. The van der Waals surface area contributed by atoms with Gasteiger partial charge in [-0.1, -0.05) is 36.4 Å². The van der Waals surface area contributed by atoms with Crippen molar-refractivity contribution in [3.05, 3.63) is 70.8 Å². The molecule has 0 saturated heterocycles. The number of hydrogen-bond donors (Lipinski definition) is 1. The number of benzene rings is 3. The second-order valence-corrected chi connectivity index (χ2v) is 4.49. The fourth-order valence-electron chi connectivity index (χ4n) is 2.30. The van der Waals surface area contributed by atoms with Gasteiger partial charge in [-0.15, -0.1) is 0 Å². The van der Waals surface area contributed by atoms with E-state index in [1.54, 1.807) is 30.3 Å². The third-order valence-corrected chi connectivity index (χ3v) is 3.25. The van der Waals surface area contributed by atoms with Crippen molar-refractivity contribution in [3.8, 4) is 16.9 Å². The zero-order chi connectivity index (χ0) is 14.1. The number of para-hydroxylation sites is 1. The fraction of sp³-hybridized carbons (Fsp3) is 0. The Balaban J connectivity index is 2.29. The van der Waals surface area contributed by atoms with Gasteiger partial charge in [0.05, 0.1) is 10.5 Å². The van der Waals surface area contributed by atoms with Gasteiger partial charge in [-0.3, -0.25) is 10.1 Å². The number of phenols is 1. The minimum Gasteiger partial charge on any atom is -0.507 e. The molecule has 1 N–H and O–H groups in total. The van der Waals surface area contributed by atoms with E-state index in [1.165, 1.54) is 6.07 Å². The largest absolute Gasteiger partial charge is 0.507 e. The first-order valence-corrected chi connectivity index (χ1v) is 6.12. The Morgan fingerprint density at radius 1 is 0.850 bits per heavy atom. The smallest absolute Gasteiger partial charge is 0.277 e. The van der Waals surface area contributed by atoms with Gasteiger partial charge in [-0.2, -0.15) is 0 Å². The van der Waals surface area contributed by atoms with Gasteiger partial charge in [-0.05, 0) is 29.0 Å². The first-order chi connectivity index (χ1) is 9.66. The van der Waals surface area contributed by atoms with E-state index >= 15 is 0 Å². The summed E-state index contributed by atoms with van der Waals surface area (Å²) in [6, 6.07) is 17.4. The van der Waals surface area contributed by atoms with E-state index in [9.17, 15) is 15.2 Å². The predicted octanol–water partition coefficient (Wildman–Crippen LogP) is 4.12. The Morgan fingerprint density at radius 3 is 2.15 bits per heavy atom. The van der Waals surface area contributed by atoms with Crippen molar-refractivity contribution in [2.24, 2.45) is 0 Å². The molecule has 0 unspecified atom stereocenters. The number of phenolic OH excluding ortho intramolecular Hbond substituents is 1. The van der Waals surface area contributed by atoms with Crippen LogP contribution in [0, 0.1) is 10.1 Å². The summed E-state index contributed by atoms with van der Waals surface area (Å²) in [5.74, 6) is 0.0398. The molecule has 20 heavy (non-hydrogen) atoms. The summed E-state index contributed by atoms with van der Waals surface area (Å²) in [6.07, 6.45) is 0. The number of nitro groups is 1. The highest BCUT2D eigenvalue weighted by Crippen LogP contribution is 2.37. The lowest BCUT2D eigenvalue weighted by molar-refractivity contribution is -0.384. The van der Waals surface area contributed by atoms with Crippen molar-refractivity contribution < 1.29 is 10.0 Å². The van der Waals surface area contributed by atoms with E-state index in [0.717, 1.165) is 10.8 Å². The SMILES string of the molecule is O=[N+]([O-])c1ccccc1-c1cc2ccccc2cc1O. The lowest BCUT2D eigenvalue weighted by atomic mass is 9.99. The molecule has 0 saturated carbocycles. The highest BCUT2D eigenvalue weighted by Gasteiger charge is 2.17. The molecule has 0 fully saturated rings. The second kappa shape index (κ2) is 4.66. The van der Waals surface area contributed by atoms with Crippen LogP contribution in [0.15, 0.2) is 60.7 Å². The zero-order valence-electron chi connectivity index (χ0n) is 10.5. The molecule has 0 aliphatic carbocycles. The highest BCUT2D eigenvalue weighted by atomic mass is 16.6. The van der Waals surface area contributed by atoms with Crippen molar-refractivity contribution in [2.45, 2.75) is 0 Å². The normalized spacial score (nSPS) is 10.6. The average Bonchev–Trinajstić information content (AvgIpc) is 2.46. The van der Waals surface area contributed by atoms with Crippen LogP contribution in [0.3, 0.4) is 0 Å². The van der Waals surface area contributed by atoms with E-state index in [0.29, 0.717) is 11.1 Å². The van der Waals surface area contributed by atoms with E-state index < -0.39 is 4.92 Å². The number of aromatic hydroxyl groups is 1. The maximum absolute atomic E-state index is 11.1. The van der Waals surface area contributed by atoms with Gasteiger partial charge in [0.15, 0.2) is 0 Å². The molecule has 4 nitrogen and oxygen atoms in total. The first-order valence-electron chi connectivity index (χ1n) is 6.12. The molecule has 0 atom stereocenters. The molecule has 3 rings (SSSR count). The van der Waals surface area contributed by atoms with Crippen LogP contribution in [-0.4, -0.2) is 10.0 Å². The van der Waals surface area contributed by atoms with Gasteiger partial charge < -0.3 is 5.11 Å². The molecule has 0 spiro atoms. The molecule has 3 aromatic carbocycles. The van der Waals surface area contributed by atoms with E-state index in [4.69, 9.17) is 0 Å². The number of rotatable bonds is 2. The Kier molecular flexibility index (Phi) is 2.84. The maximum Gasteiger partial charge on any atom is 0.277 e. The molecule has 0 aliphatic rings. The summed E-state index contributed by atoms with van der Waals surface area (Å²) in [5.41, 5.74) is 0.870. The van der Waals surface area contributed by atoms with Crippen LogP contribution in [0.4, 0.5) is 5.69 Å². The van der Waals surface area contributed by atoms with E-state index in [2.05, 4.69) is 0 Å². The van der Waals surface area contributed by atoms with Gasteiger partial charge >= 0.3 is 0 Å². The minimum absolute atomic E-state index is 0.0157. The van der Waals surface area contributed by atoms with Gasteiger partial charge in [0.25, 0.3) is 5.69 Å². The predicted molar refractivity (Wildman–Crippen MR) is 77.7 cm³/mol. The van der Waals surface area contributed by atoms with Gasteiger partial charge in [0.1, 0.15) is 5.75 Å². The molecule has 0 radical (unpaired) electrons. The molecular weight excluding hydrogens is 254 g/mol. The van der Waals surface area contributed by atoms with Gasteiger partial charge in [-0.25, -0.2) is 0 Å². The van der Waals surface area contributed by atoms with Crippen LogP contribution in [0.25, 0.3) is 21.9 Å². The number of nitrogens with zero attached hydrogens (tertiary/aromatic N) is 1. The van der Waals surface area contributed by atoms with Crippen LogP contribution in [0.2, 0.25) is 0 Å². The van der Waals surface area contributed by atoms with Crippen LogP contribution >= 0.6 is 0 Å². The Labute approximate surface area is 115 Å². The Morgan fingerprint density at radius 2 is 1.45 bits per heavy atom. The third kappa shape index (κ3) is 1.97. The van der Waals surface area contributed by atoms with Crippen molar-refractivity contribution in [1.82, 2.24) is 0 Å². The van der Waals surface area contributed by atoms with Gasteiger partial charge in [0.2, 0.25) is 0 Å². The number of hydrogen-bond acceptors (Lipinski definition) is 3. The van der Waals surface area contributed by atoms with Crippen molar-refractivity contribution >= 4 is 16.5 Å². The Bertz CT molecular complexity index is 812. The monoisotopic (exact) mass is 265 g/mol. The summed E-state index contributed by atoms with van der Waals surface area (Å²) in [5, 5.41) is 23.1. The summed E-state index contributed by atoms with van der Waals surface area (Å²) in [7, 11) is 0. The minimum atomic E-state index is -0.441. The Hall–Kier alpha value is -2.88. The number of fused-ring (bicyclic) bond motifs is 1. The van der Waals surface area contributed by atoms with Crippen molar-refractivity contribution in [2.75, 3.05) is 0 Å². The summed E-state index contributed by atoms with van der Waals surface area (Å²) >= 11 is 0. The molecular formula is C16H11NO3. The first kappa shape index (κ1) is 12.2. The molecule has 4 heteroatoms. The molecule has 0 aromatic heterocycles. The molecule has 0 heterocycles. The zero-order valence-corrected chi connectivity index (χ0v) is 10.5. The third-order valence-electron chi connectivity index (χ3n) is 3.25. The van der Waals surface area contributed by atoms with Gasteiger partial charge in [0, 0.05) is 11.6 Å². The molecule has 0 bridgehead atoms. The second-order valence-electron chi connectivity index (χ2n) is 4.49. The van der Waals surface area contributed by atoms with Crippen LogP contribution in [-0.2, 0) is 0 Å². The van der Waals surface area contributed by atoms with Crippen LogP contribution in [0.5, 0.6) is 5.75 Å². The molecule has 98 valence electrons. The molecule has 3 aromatic rings. The summed E-state index contributed by atoms with van der Waals surface area (Å²) in [4.78, 5) is 10.7. The maximum atomic E-state index is 11.1. The standard InChI is InChI=1S/C16H11NO3/c18-16-10-12-6-2-1-5-11(12)9-14(16)13-7-3-4-8-15(13)17(19)20/h1-10,18H. The fourth-order valence-corrected chi connectivity index (χ4v) is 2.30. The molecule has 0 aliphatic heterocycles. The quantitative estimate of drug-likeness (QED) is 0.560. The number of nitro benzene ring substituents is 1. The topological polar surface area (TPSA) is 63.4 Å². The average molecular weight is 265 g/mol. The van der Waals surface area contributed by atoms with Crippen molar-refractivity contribution in [3.63, 3.8) is 0 Å². The van der Waals surface area contributed by atoms with Crippen molar-refractivity contribution in [1.29, 1.82) is 0 Å². The summed E-state index contributed by atoms with van der Waals surface area (Å²) in [6.45, 7) is 0. The van der Waals surface area contributed by atoms with E-state index in [1.807, 2.05) is 24.3 Å². The van der Waals surface area contributed by atoms with Crippen LogP contribution < -0.4 is 0 Å².